The van der Waals surface area contributed by atoms with Gasteiger partial charge < -0.3 is 5.32 Å². The molecule has 0 aliphatic heterocycles. The number of hydrogen-bond acceptors (Lipinski definition) is 6. The number of nitrogens with one attached hydrogen (secondary N) is 2. The van der Waals surface area contributed by atoms with Crippen molar-refractivity contribution >= 4 is 49.7 Å². The maximum atomic E-state index is 12.2. The number of halogens is 1. The van der Waals surface area contributed by atoms with Gasteiger partial charge >= 0.3 is 0 Å². The summed E-state index contributed by atoms with van der Waals surface area (Å²) in [5.74, 6) is -0.265. The van der Waals surface area contributed by atoms with Crippen molar-refractivity contribution in [3.05, 3.63) is 28.8 Å². The molecule has 0 bridgehead atoms. The summed E-state index contributed by atoms with van der Waals surface area (Å²) >= 11 is 6.73. The van der Waals surface area contributed by atoms with Crippen molar-refractivity contribution in [2.24, 2.45) is 0 Å². The van der Waals surface area contributed by atoms with E-state index in [9.17, 15) is 13.2 Å². The average Bonchev–Trinajstić information content (AvgIpc) is 2.92. The Morgan fingerprint density at radius 2 is 2.09 bits per heavy atom. The van der Waals surface area contributed by atoms with Gasteiger partial charge in [0.25, 0.3) is 14.4 Å². The van der Waals surface area contributed by atoms with E-state index in [1.54, 1.807) is 19.1 Å². The van der Waals surface area contributed by atoms with Gasteiger partial charge in [-0.2, -0.15) is 8.42 Å². The first-order chi connectivity index (χ1) is 10.3. The maximum Gasteiger partial charge on any atom is 0.291 e. The number of amides is 1. The van der Waals surface area contributed by atoms with E-state index in [0.717, 1.165) is 16.9 Å². The minimum Gasteiger partial charge on any atom is -0.301 e. The number of sulfonamides is 1. The molecule has 0 aliphatic carbocycles. The van der Waals surface area contributed by atoms with Gasteiger partial charge in [0.05, 0.1) is 5.69 Å². The number of carbonyl (C=O) groups excluding carboxylic acids is 1. The van der Waals surface area contributed by atoms with E-state index in [2.05, 4.69) is 20.2 Å². The SMILES string of the molecule is CCC(=O)Nc1nnc(S(=O)(=O)Nc2ccc(C)c(Cl)c2)s1. The predicted octanol–water partition coefficient (Wildman–Crippen LogP) is 2.65. The van der Waals surface area contributed by atoms with Crippen LogP contribution in [0.1, 0.15) is 18.9 Å². The monoisotopic (exact) mass is 360 g/mol. The molecular formula is C12H13ClN4O3S2. The highest BCUT2D eigenvalue weighted by atomic mass is 35.5. The molecule has 0 saturated carbocycles. The maximum absolute atomic E-state index is 12.2. The first-order valence-electron chi connectivity index (χ1n) is 6.24. The Hall–Kier alpha value is -1.71. The van der Waals surface area contributed by atoms with Crippen LogP contribution in [0, 0.1) is 6.92 Å². The molecule has 0 saturated heterocycles. The first kappa shape index (κ1) is 16.7. The molecule has 0 atom stereocenters. The van der Waals surface area contributed by atoms with Crippen molar-refractivity contribution in [3.8, 4) is 0 Å². The molecule has 1 amide bonds. The van der Waals surface area contributed by atoms with Gasteiger partial charge in [-0.3, -0.25) is 9.52 Å². The lowest BCUT2D eigenvalue weighted by atomic mass is 10.2. The molecule has 2 aromatic rings. The number of anilines is 2. The molecule has 1 heterocycles. The van der Waals surface area contributed by atoms with Crippen LogP contribution in [0.25, 0.3) is 0 Å². The number of benzene rings is 1. The third-order valence-corrected chi connectivity index (χ3v) is 5.62. The van der Waals surface area contributed by atoms with Gasteiger partial charge in [0, 0.05) is 11.4 Å². The number of hydrogen-bond donors (Lipinski definition) is 2. The summed E-state index contributed by atoms with van der Waals surface area (Å²) in [6.45, 7) is 3.49. The average molecular weight is 361 g/mol. The number of aromatic nitrogens is 2. The fourth-order valence-corrected chi connectivity index (χ4v) is 3.58. The second-order valence-corrected chi connectivity index (χ2v) is 7.59. The van der Waals surface area contributed by atoms with Gasteiger partial charge in [-0.25, -0.2) is 0 Å². The van der Waals surface area contributed by atoms with Gasteiger partial charge in [-0.05, 0) is 24.6 Å². The lowest BCUT2D eigenvalue weighted by molar-refractivity contribution is -0.115. The lowest BCUT2D eigenvalue weighted by Gasteiger charge is -2.06. The van der Waals surface area contributed by atoms with Crippen LogP contribution < -0.4 is 10.0 Å². The number of nitrogens with zero attached hydrogens (tertiary/aromatic N) is 2. The lowest BCUT2D eigenvalue weighted by Crippen LogP contribution is -2.12. The van der Waals surface area contributed by atoms with Crippen molar-refractivity contribution in [2.75, 3.05) is 10.0 Å². The Bertz CT molecular complexity index is 804. The van der Waals surface area contributed by atoms with E-state index in [1.165, 1.54) is 6.07 Å². The van der Waals surface area contributed by atoms with Crippen molar-refractivity contribution in [1.29, 1.82) is 0 Å². The van der Waals surface area contributed by atoms with Crippen molar-refractivity contribution in [1.82, 2.24) is 10.2 Å². The summed E-state index contributed by atoms with van der Waals surface area (Å²) < 4.78 is 26.5. The molecule has 0 unspecified atom stereocenters. The van der Waals surface area contributed by atoms with E-state index in [4.69, 9.17) is 11.6 Å². The third kappa shape index (κ3) is 3.93. The van der Waals surface area contributed by atoms with E-state index < -0.39 is 10.0 Å². The zero-order chi connectivity index (χ0) is 16.3. The minimum atomic E-state index is -3.88. The van der Waals surface area contributed by atoms with E-state index >= 15 is 0 Å². The Morgan fingerprint density at radius 3 is 2.73 bits per heavy atom. The van der Waals surface area contributed by atoms with Crippen molar-refractivity contribution in [3.63, 3.8) is 0 Å². The highest BCUT2D eigenvalue weighted by Gasteiger charge is 2.21. The zero-order valence-corrected chi connectivity index (χ0v) is 14.1. The van der Waals surface area contributed by atoms with Crippen LogP contribution in [-0.4, -0.2) is 24.5 Å². The van der Waals surface area contributed by atoms with Gasteiger partial charge in [0.2, 0.25) is 11.0 Å². The summed E-state index contributed by atoms with van der Waals surface area (Å²) in [5, 5.41) is 10.3. The predicted molar refractivity (Wildman–Crippen MR) is 85.8 cm³/mol. The number of aryl methyl sites for hydroxylation is 1. The second kappa shape index (κ2) is 6.59. The topological polar surface area (TPSA) is 101 Å². The summed E-state index contributed by atoms with van der Waals surface area (Å²) in [4.78, 5) is 11.2. The first-order valence-corrected chi connectivity index (χ1v) is 8.92. The zero-order valence-electron chi connectivity index (χ0n) is 11.8. The molecule has 0 spiro atoms. The van der Waals surface area contributed by atoms with Crippen LogP contribution in [-0.2, 0) is 14.8 Å². The van der Waals surface area contributed by atoms with Crippen molar-refractivity contribution < 1.29 is 13.2 Å². The van der Waals surface area contributed by atoms with Crippen LogP contribution in [0.4, 0.5) is 10.8 Å². The molecule has 0 radical (unpaired) electrons. The molecule has 7 nitrogen and oxygen atoms in total. The molecule has 1 aromatic carbocycles. The highest BCUT2D eigenvalue weighted by molar-refractivity contribution is 7.94. The Labute approximate surface area is 136 Å². The fraction of sp³-hybridized carbons (Fsp3) is 0.250. The highest BCUT2D eigenvalue weighted by Crippen LogP contribution is 2.25. The molecule has 1 aromatic heterocycles. The molecule has 10 heteroatoms. The fourth-order valence-electron chi connectivity index (χ4n) is 1.43. The molecule has 22 heavy (non-hydrogen) atoms. The second-order valence-electron chi connectivity index (χ2n) is 4.34. The molecule has 0 fully saturated rings. The van der Waals surface area contributed by atoms with Crippen molar-refractivity contribution in [2.45, 2.75) is 24.6 Å². The number of rotatable bonds is 5. The Balaban J connectivity index is 2.19. The summed E-state index contributed by atoms with van der Waals surface area (Å²) in [6.07, 6.45) is 0.266. The summed E-state index contributed by atoms with van der Waals surface area (Å²) in [7, 11) is -3.88. The van der Waals surface area contributed by atoms with E-state index in [0.29, 0.717) is 10.7 Å². The molecule has 0 aliphatic rings. The number of carbonyl (C=O) groups is 1. The Kier molecular flexibility index (Phi) is 4.99. The molecule has 2 N–H and O–H groups in total. The van der Waals surface area contributed by atoms with Gasteiger partial charge in [0.15, 0.2) is 0 Å². The van der Waals surface area contributed by atoms with Gasteiger partial charge in [0.1, 0.15) is 0 Å². The van der Waals surface area contributed by atoms with E-state index in [1.807, 2.05) is 6.92 Å². The summed E-state index contributed by atoms with van der Waals surface area (Å²) in [5.41, 5.74) is 1.16. The molecule has 2 rings (SSSR count). The van der Waals surface area contributed by atoms with Gasteiger partial charge in [-0.1, -0.05) is 35.9 Å². The molecule has 118 valence electrons. The molecular weight excluding hydrogens is 348 g/mol. The minimum absolute atomic E-state index is 0.133. The van der Waals surface area contributed by atoms with Crippen LogP contribution in [0.15, 0.2) is 22.5 Å². The van der Waals surface area contributed by atoms with Gasteiger partial charge in [-0.15, -0.1) is 10.2 Å². The quantitative estimate of drug-likeness (QED) is 0.798. The summed E-state index contributed by atoms with van der Waals surface area (Å²) in [6, 6.07) is 4.81. The smallest absolute Gasteiger partial charge is 0.291 e. The third-order valence-electron chi connectivity index (χ3n) is 2.63. The van der Waals surface area contributed by atoms with Crippen LogP contribution in [0.3, 0.4) is 0 Å². The van der Waals surface area contributed by atoms with Crippen LogP contribution >= 0.6 is 22.9 Å². The standard InChI is InChI=1S/C12H13ClN4O3S2/c1-3-10(18)14-11-15-16-12(21-11)22(19,20)17-8-5-4-7(2)9(13)6-8/h4-6,17H,3H2,1-2H3,(H,14,15,18). The largest absolute Gasteiger partial charge is 0.301 e. The normalized spacial score (nSPS) is 11.2. The Morgan fingerprint density at radius 1 is 1.36 bits per heavy atom. The van der Waals surface area contributed by atoms with Crippen LogP contribution in [0.2, 0.25) is 5.02 Å². The van der Waals surface area contributed by atoms with E-state index in [-0.39, 0.29) is 21.8 Å². The van der Waals surface area contributed by atoms with Crippen LogP contribution in [0.5, 0.6) is 0 Å².